The smallest absolute Gasteiger partial charge is 0.376 e. The minimum atomic E-state index is -5.72. The summed E-state index contributed by atoms with van der Waals surface area (Å²) in [6, 6.07) is 4.30. The number of fused-ring (bicyclic) bond motifs is 5. The second-order valence-electron chi connectivity index (χ2n) is 5.31. The zero-order valence-corrected chi connectivity index (χ0v) is 11.9. The molecule has 2 heterocycles. The molecule has 2 aliphatic heterocycles. The largest absolute Gasteiger partial charge is 0.534 e. The monoisotopic (exact) mass is 320 g/mol. The predicted octanol–water partition coefficient (Wildman–Crippen LogP) is 2.95. The van der Waals surface area contributed by atoms with Gasteiger partial charge in [0.25, 0.3) is 0 Å². The molecule has 0 N–H and O–H groups in total. The van der Waals surface area contributed by atoms with Gasteiger partial charge in [-0.15, -0.1) is 0 Å². The van der Waals surface area contributed by atoms with E-state index >= 15 is 0 Å². The zero-order chi connectivity index (χ0) is 15.7. The van der Waals surface area contributed by atoms with Crippen molar-refractivity contribution in [1.29, 1.82) is 0 Å². The van der Waals surface area contributed by atoms with Crippen LogP contribution in [0.25, 0.3) is 0 Å². The molecule has 21 heavy (non-hydrogen) atoms. The van der Waals surface area contributed by atoms with Crippen molar-refractivity contribution in [2.24, 2.45) is 0 Å². The normalized spacial score (nSPS) is 30.5. The van der Waals surface area contributed by atoms with Gasteiger partial charge in [-0.2, -0.15) is 21.6 Å². The summed E-state index contributed by atoms with van der Waals surface area (Å²) in [7, 11) is -5.72. The Balaban J connectivity index is 2.13. The molecule has 114 valence electrons. The van der Waals surface area contributed by atoms with Crippen molar-refractivity contribution in [2.45, 2.75) is 30.6 Å². The van der Waals surface area contributed by atoms with Crippen molar-refractivity contribution in [2.75, 3.05) is 0 Å². The molecule has 0 radical (unpaired) electrons. The van der Waals surface area contributed by atoms with Gasteiger partial charge in [0.2, 0.25) is 0 Å². The highest BCUT2D eigenvalue weighted by Crippen LogP contribution is 2.56. The van der Waals surface area contributed by atoms with Crippen LogP contribution in [0, 0.1) is 0 Å². The van der Waals surface area contributed by atoms with Crippen LogP contribution in [0.4, 0.5) is 13.2 Å². The van der Waals surface area contributed by atoms with Crippen LogP contribution in [-0.2, 0) is 26.1 Å². The van der Waals surface area contributed by atoms with Crippen LogP contribution in [0.5, 0.6) is 5.75 Å². The Kier molecular flexibility index (Phi) is 2.61. The third-order valence-electron chi connectivity index (χ3n) is 3.68. The fourth-order valence-corrected chi connectivity index (χ4v) is 3.27. The molecular weight excluding hydrogens is 309 g/mol. The van der Waals surface area contributed by atoms with E-state index in [-0.39, 0.29) is 5.75 Å². The first-order valence-corrected chi connectivity index (χ1v) is 7.45. The average Bonchev–Trinajstić information content (AvgIpc) is 2.76. The Bertz CT molecular complexity index is 753. The lowest BCUT2D eigenvalue weighted by molar-refractivity contribution is -0.0527. The number of hydrogen-bond acceptors (Lipinski definition) is 4. The van der Waals surface area contributed by atoms with E-state index in [0.717, 1.165) is 0 Å². The summed E-state index contributed by atoms with van der Waals surface area (Å²) in [6.07, 6.45) is 3.47. The highest BCUT2D eigenvalue weighted by Gasteiger charge is 2.54. The predicted molar refractivity (Wildman–Crippen MR) is 67.0 cm³/mol. The molecule has 0 saturated heterocycles. The fourth-order valence-electron chi connectivity index (χ4n) is 2.80. The topological polar surface area (TPSA) is 52.6 Å². The molecule has 4 nitrogen and oxygen atoms in total. The molecule has 1 aromatic rings. The molecule has 1 aromatic carbocycles. The molecule has 2 aliphatic rings. The van der Waals surface area contributed by atoms with Crippen molar-refractivity contribution in [3.63, 3.8) is 0 Å². The van der Waals surface area contributed by atoms with Gasteiger partial charge in [-0.3, -0.25) is 0 Å². The van der Waals surface area contributed by atoms with Gasteiger partial charge in [-0.25, -0.2) is 0 Å². The number of alkyl halides is 3. The molecule has 2 bridgehead atoms. The van der Waals surface area contributed by atoms with E-state index in [0.29, 0.717) is 11.1 Å². The third kappa shape index (κ3) is 1.89. The van der Waals surface area contributed by atoms with Gasteiger partial charge >= 0.3 is 15.6 Å². The molecule has 0 aromatic heterocycles. The van der Waals surface area contributed by atoms with Crippen molar-refractivity contribution < 1.29 is 30.5 Å². The first kappa shape index (κ1) is 14.4. The van der Waals surface area contributed by atoms with Crippen LogP contribution >= 0.6 is 0 Å². The lowest BCUT2D eigenvalue weighted by Gasteiger charge is -2.21. The standard InChI is InChI=1S/C13H11F3O4S/c1-11-6-7-12(2,20-11)10-8(11)4-3-5-9(10)19-21(17,18)13(14,15)16/h3-7H,1-2H3. The maximum atomic E-state index is 12.5. The van der Waals surface area contributed by atoms with E-state index in [1.165, 1.54) is 12.1 Å². The first-order chi connectivity index (χ1) is 9.49. The maximum Gasteiger partial charge on any atom is 0.534 e. The van der Waals surface area contributed by atoms with Crippen LogP contribution in [0.3, 0.4) is 0 Å². The molecule has 2 unspecified atom stereocenters. The lowest BCUT2D eigenvalue weighted by atomic mass is 9.83. The Morgan fingerprint density at radius 3 is 2.38 bits per heavy atom. The van der Waals surface area contributed by atoms with Gasteiger partial charge in [0.05, 0.1) is 0 Å². The number of rotatable bonds is 2. The van der Waals surface area contributed by atoms with E-state index in [1.807, 2.05) is 0 Å². The molecule has 0 fully saturated rings. The molecule has 0 saturated carbocycles. The van der Waals surface area contributed by atoms with Crippen molar-refractivity contribution >= 4 is 10.1 Å². The van der Waals surface area contributed by atoms with Crippen molar-refractivity contribution in [3.05, 3.63) is 41.5 Å². The Morgan fingerprint density at radius 1 is 1.14 bits per heavy atom. The van der Waals surface area contributed by atoms with E-state index in [2.05, 4.69) is 4.18 Å². The van der Waals surface area contributed by atoms with E-state index in [9.17, 15) is 21.6 Å². The van der Waals surface area contributed by atoms with E-state index in [1.54, 1.807) is 32.1 Å². The summed E-state index contributed by atoms with van der Waals surface area (Å²) >= 11 is 0. The van der Waals surface area contributed by atoms with Crippen molar-refractivity contribution in [1.82, 2.24) is 0 Å². The SMILES string of the molecule is CC12C=CC(C)(O1)c1c(OS(=O)(=O)C(F)(F)F)cccc12. The van der Waals surface area contributed by atoms with Crippen LogP contribution in [-0.4, -0.2) is 13.9 Å². The second-order valence-corrected chi connectivity index (χ2v) is 6.85. The molecule has 0 amide bonds. The highest BCUT2D eigenvalue weighted by molar-refractivity contribution is 7.88. The first-order valence-electron chi connectivity index (χ1n) is 6.04. The quantitative estimate of drug-likeness (QED) is 0.478. The summed E-state index contributed by atoms with van der Waals surface area (Å²) in [6.45, 7) is 3.40. The summed E-state index contributed by atoms with van der Waals surface area (Å²) in [5.74, 6) is -0.361. The highest BCUT2D eigenvalue weighted by atomic mass is 32.2. The molecule has 2 atom stereocenters. The zero-order valence-electron chi connectivity index (χ0n) is 11.1. The van der Waals surface area contributed by atoms with Gasteiger partial charge in [-0.05, 0) is 37.6 Å². The summed E-state index contributed by atoms with van der Waals surface area (Å²) in [5.41, 5.74) is -6.35. The van der Waals surface area contributed by atoms with Crippen LogP contribution < -0.4 is 4.18 Å². The van der Waals surface area contributed by atoms with Crippen molar-refractivity contribution in [3.8, 4) is 5.75 Å². The summed E-state index contributed by atoms with van der Waals surface area (Å²) in [5, 5.41) is 0. The van der Waals surface area contributed by atoms with Gasteiger partial charge in [-0.1, -0.05) is 12.1 Å². The lowest BCUT2D eigenvalue weighted by Crippen LogP contribution is -2.29. The molecule has 3 rings (SSSR count). The van der Waals surface area contributed by atoms with E-state index in [4.69, 9.17) is 4.74 Å². The Hall–Kier alpha value is -1.54. The number of ether oxygens (including phenoxy) is 1. The fraction of sp³-hybridized carbons (Fsp3) is 0.385. The maximum absolute atomic E-state index is 12.5. The number of benzene rings is 1. The molecule has 0 spiro atoms. The summed E-state index contributed by atoms with van der Waals surface area (Å²) < 4.78 is 69.9. The molecular formula is C13H11F3O4S. The van der Waals surface area contributed by atoms with Gasteiger partial charge in [0, 0.05) is 5.56 Å². The third-order valence-corrected chi connectivity index (χ3v) is 4.65. The minimum Gasteiger partial charge on any atom is -0.376 e. The minimum absolute atomic E-state index is 0.308. The molecule has 0 aliphatic carbocycles. The van der Waals surface area contributed by atoms with Crippen LogP contribution in [0.1, 0.15) is 25.0 Å². The Morgan fingerprint density at radius 2 is 1.76 bits per heavy atom. The number of hydrogen-bond donors (Lipinski definition) is 0. The molecule has 8 heteroatoms. The Labute approximate surface area is 119 Å². The van der Waals surface area contributed by atoms with Gasteiger partial charge in [0.1, 0.15) is 17.0 Å². The average molecular weight is 320 g/mol. The summed E-state index contributed by atoms with van der Waals surface area (Å²) in [4.78, 5) is 0. The van der Waals surface area contributed by atoms with Crippen LogP contribution in [0.15, 0.2) is 30.4 Å². The second kappa shape index (κ2) is 3.80. The van der Waals surface area contributed by atoms with Gasteiger partial charge < -0.3 is 8.92 Å². The van der Waals surface area contributed by atoms with Gasteiger partial charge in [0.15, 0.2) is 0 Å². The van der Waals surface area contributed by atoms with Crippen LogP contribution in [0.2, 0.25) is 0 Å². The number of halogens is 3. The van der Waals surface area contributed by atoms with E-state index < -0.39 is 26.8 Å².